The van der Waals surface area contributed by atoms with Crippen molar-refractivity contribution in [2.24, 2.45) is 0 Å². The maximum Gasteiger partial charge on any atom is 0.269 e. The Morgan fingerprint density at radius 1 is 1.26 bits per heavy atom. The van der Waals surface area contributed by atoms with Crippen LogP contribution in [0.3, 0.4) is 0 Å². The van der Waals surface area contributed by atoms with E-state index in [1.54, 1.807) is 24.3 Å². The Morgan fingerprint density at radius 2 is 1.97 bits per heavy atom. The lowest BCUT2D eigenvalue weighted by molar-refractivity contribution is -0.384. The standard InChI is InChI=1S/C22H16N4O4S/c1-3-18-13(2)31-22(19(18)12-24)25-21(27)15(11-23)10-17-8-9-20(30-17)14-4-6-16(7-5-14)26(28)29/h4-10H,3H2,1-2H3,(H,25,27)/b15-10+. The van der Waals surface area contributed by atoms with Crippen LogP contribution in [0.4, 0.5) is 10.7 Å². The highest BCUT2D eigenvalue weighted by Gasteiger charge is 2.19. The molecule has 0 bridgehead atoms. The summed E-state index contributed by atoms with van der Waals surface area (Å²) in [4.78, 5) is 23.8. The van der Waals surface area contributed by atoms with E-state index in [0.29, 0.717) is 28.3 Å². The minimum Gasteiger partial charge on any atom is -0.457 e. The van der Waals surface area contributed by atoms with Gasteiger partial charge in [-0.3, -0.25) is 14.9 Å². The first-order valence-corrected chi connectivity index (χ1v) is 9.99. The van der Waals surface area contributed by atoms with Crippen molar-refractivity contribution in [3.8, 4) is 23.5 Å². The van der Waals surface area contributed by atoms with E-state index in [2.05, 4.69) is 11.4 Å². The molecule has 0 aliphatic heterocycles. The zero-order valence-corrected chi connectivity index (χ0v) is 17.4. The monoisotopic (exact) mass is 432 g/mol. The predicted molar refractivity (Wildman–Crippen MR) is 116 cm³/mol. The lowest BCUT2D eigenvalue weighted by Gasteiger charge is -2.02. The number of nitrogens with one attached hydrogen (secondary N) is 1. The number of hydrogen-bond donors (Lipinski definition) is 1. The van der Waals surface area contributed by atoms with E-state index in [1.807, 2.05) is 19.9 Å². The van der Waals surface area contributed by atoms with Gasteiger partial charge in [0.05, 0.1) is 10.5 Å². The van der Waals surface area contributed by atoms with Gasteiger partial charge in [-0.1, -0.05) is 6.92 Å². The van der Waals surface area contributed by atoms with Crippen LogP contribution in [0.25, 0.3) is 17.4 Å². The molecule has 154 valence electrons. The number of amides is 1. The van der Waals surface area contributed by atoms with Gasteiger partial charge < -0.3 is 9.73 Å². The lowest BCUT2D eigenvalue weighted by atomic mass is 10.1. The number of nitro groups is 1. The van der Waals surface area contributed by atoms with E-state index in [1.165, 1.54) is 29.5 Å². The summed E-state index contributed by atoms with van der Waals surface area (Å²) in [5, 5.41) is 32.7. The minimum absolute atomic E-state index is 0.0364. The number of carbonyl (C=O) groups is 1. The molecule has 0 unspecified atom stereocenters. The van der Waals surface area contributed by atoms with E-state index in [4.69, 9.17) is 4.42 Å². The lowest BCUT2D eigenvalue weighted by Crippen LogP contribution is -2.13. The summed E-state index contributed by atoms with van der Waals surface area (Å²) in [6.07, 6.45) is 1.97. The molecular formula is C22H16N4O4S. The Labute approximate surface area is 181 Å². The second-order valence-corrected chi connectivity index (χ2v) is 7.66. The fourth-order valence-corrected chi connectivity index (χ4v) is 4.10. The Kier molecular flexibility index (Phi) is 6.29. The van der Waals surface area contributed by atoms with Crippen LogP contribution in [0.2, 0.25) is 0 Å². The molecule has 0 fully saturated rings. The van der Waals surface area contributed by atoms with Gasteiger partial charge in [0.25, 0.3) is 11.6 Å². The van der Waals surface area contributed by atoms with E-state index >= 15 is 0 Å². The Balaban J connectivity index is 1.83. The van der Waals surface area contributed by atoms with Crippen LogP contribution in [-0.4, -0.2) is 10.8 Å². The van der Waals surface area contributed by atoms with Gasteiger partial charge in [0.2, 0.25) is 0 Å². The number of thiophene rings is 1. The quantitative estimate of drug-likeness (QED) is 0.246. The molecule has 3 aromatic rings. The minimum atomic E-state index is -0.642. The maximum absolute atomic E-state index is 12.6. The number of aryl methyl sites for hydroxylation is 1. The number of nitro benzene ring substituents is 1. The van der Waals surface area contributed by atoms with E-state index < -0.39 is 10.8 Å². The van der Waals surface area contributed by atoms with Gasteiger partial charge in [0, 0.05) is 28.6 Å². The Hall–Kier alpha value is -4.21. The molecule has 0 aliphatic carbocycles. The summed E-state index contributed by atoms with van der Waals surface area (Å²) in [7, 11) is 0. The SMILES string of the molecule is CCc1c(C)sc(NC(=O)/C(C#N)=C/c2ccc(-c3ccc([N+](=O)[O-])cc3)o2)c1C#N. The molecule has 31 heavy (non-hydrogen) atoms. The molecule has 0 aliphatic rings. The first kappa shape index (κ1) is 21.5. The van der Waals surface area contributed by atoms with Crippen LogP contribution in [0, 0.1) is 39.7 Å². The van der Waals surface area contributed by atoms with Crippen molar-refractivity contribution in [3.05, 3.63) is 73.8 Å². The number of anilines is 1. The highest BCUT2D eigenvalue weighted by Crippen LogP contribution is 2.33. The fraction of sp³-hybridized carbons (Fsp3) is 0.136. The largest absolute Gasteiger partial charge is 0.457 e. The van der Waals surface area contributed by atoms with Gasteiger partial charge in [-0.25, -0.2) is 0 Å². The first-order chi connectivity index (χ1) is 14.9. The Bertz CT molecular complexity index is 1270. The molecule has 9 heteroatoms. The molecule has 0 saturated heterocycles. The van der Waals surface area contributed by atoms with Gasteiger partial charge in [-0.2, -0.15) is 10.5 Å². The predicted octanol–water partition coefficient (Wildman–Crippen LogP) is 5.20. The highest BCUT2D eigenvalue weighted by atomic mass is 32.1. The average Bonchev–Trinajstić information content (AvgIpc) is 3.35. The number of nitriles is 2. The van der Waals surface area contributed by atoms with Crippen LogP contribution in [0.5, 0.6) is 0 Å². The molecule has 8 nitrogen and oxygen atoms in total. The van der Waals surface area contributed by atoms with Crippen molar-refractivity contribution in [3.63, 3.8) is 0 Å². The molecule has 0 spiro atoms. The van der Waals surface area contributed by atoms with Crippen LogP contribution >= 0.6 is 11.3 Å². The van der Waals surface area contributed by atoms with Gasteiger partial charge in [-0.05, 0) is 43.2 Å². The molecule has 0 atom stereocenters. The summed E-state index contributed by atoms with van der Waals surface area (Å²) < 4.78 is 5.66. The Morgan fingerprint density at radius 3 is 2.55 bits per heavy atom. The van der Waals surface area contributed by atoms with Crippen LogP contribution in [-0.2, 0) is 11.2 Å². The molecule has 1 amide bonds. The fourth-order valence-electron chi connectivity index (χ4n) is 3.01. The summed E-state index contributed by atoms with van der Waals surface area (Å²) >= 11 is 1.29. The van der Waals surface area contributed by atoms with Crippen LogP contribution < -0.4 is 5.32 Å². The smallest absolute Gasteiger partial charge is 0.269 e. The summed E-state index contributed by atoms with van der Waals surface area (Å²) in [5.41, 5.74) is 1.69. The second kappa shape index (κ2) is 9.08. The van der Waals surface area contributed by atoms with E-state index in [9.17, 15) is 25.4 Å². The normalized spacial score (nSPS) is 10.9. The number of furan rings is 1. The van der Waals surface area contributed by atoms with Crippen molar-refractivity contribution in [1.82, 2.24) is 0 Å². The van der Waals surface area contributed by atoms with Gasteiger partial charge >= 0.3 is 0 Å². The number of rotatable bonds is 6. The number of benzene rings is 1. The average molecular weight is 432 g/mol. The number of nitrogens with zero attached hydrogens (tertiary/aromatic N) is 3. The third-order valence-electron chi connectivity index (χ3n) is 4.54. The molecule has 2 aromatic heterocycles. The highest BCUT2D eigenvalue weighted by molar-refractivity contribution is 7.16. The van der Waals surface area contributed by atoms with Gasteiger partial charge in [-0.15, -0.1) is 11.3 Å². The molecule has 3 rings (SSSR count). The molecule has 2 heterocycles. The zero-order valence-electron chi connectivity index (χ0n) is 16.6. The van der Waals surface area contributed by atoms with Crippen molar-refractivity contribution in [2.45, 2.75) is 20.3 Å². The third kappa shape index (κ3) is 4.53. The second-order valence-electron chi connectivity index (χ2n) is 6.44. The van der Waals surface area contributed by atoms with Crippen LogP contribution in [0.15, 0.2) is 46.4 Å². The number of hydrogen-bond acceptors (Lipinski definition) is 7. The topological polar surface area (TPSA) is 133 Å². The summed E-state index contributed by atoms with van der Waals surface area (Å²) in [5.74, 6) is 0.0698. The van der Waals surface area contributed by atoms with Crippen molar-refractivity contribution in [2.75, 3.05) is 5.32 Å². The first-order valence-electron chi connectivity index (χ1n) is 9.18. The third-order valence-corrected chi connectivity index (χ3v) is 5.61. The van der Waals surface area contributed by atoms with Crippen LogP contribution in [0.1, 0.15) is 28.7 Å². The summed E-state index contributed by atoms with van der Waals surface area (Å²) in [6, 6.07) is 13.0. The molecule has 1 aromatic carbocycles. The van der Waals surface area contributed by atoms with Crippen molar-refractivity contribution >= 4 is 34.0 Å². The van der Waals surface area contributed by atoms with Gasteiger partial charge in [0.15, 0.2) is 0 Å². The molecule has 0 radical (unpaired) electrons. The van der Waals surface area contributed by atoms with Crippen molar-refractivity contribution < 1.29 is 14.1 Å². The zero-order chi connectivity index (χ0) is 22.5. The van der Waals surface area contributed by atoms with E-state index in [-0.39, 0.29) is 17.0 Å². The number of carbonyl (C=O) groups excluding carboxylic acids is 1. The number of non-ortho nitro benzene ring substituents is 1. The molecule has 1 N–H and O–H groups in total. The van der Waals surface area contributed by atoms with Crippen molar-refractivity contribution in [1.29, 1.82) is 10.5 Å². The summed E-state index contributed by atoms with van der Waals surface area (Å²) in [6.45, 7) is 3.81. The van der Waals surface area contributed by atoms with Gasteiger partial charge in [0.1, 0.15) is 34.2 Å². The maximum atomic E-state index is 12.6. The van der Waals surface area contributed by atoms with E-state index in [0.717, 1.165) is 10.4 Å². The molecular weight excluding hydrogens is 416 g/mol. The molecule has 0 saturated carbocycles.